The molecule has 1 aliphatic carbocycles. The number of alkyl halides is 6. The fraction of sp³-hybridized carbons (Fsp3) is 0.560. The van der Waals surface area contributed by atoms with Crippen molar-refractivity contribution in [3.8, 4) is 0 Å². The molecule has 0 unspecified atom stereocenters. The van der Waals surface area contributed by atoms with Crippen LogP contribution in [0.25, 0.3) is 0 Å². The number of aromatic nitrogens is 2. The average Bonchev–Trinajstić information content (AvgIpc) is 2.82. The van der Waals surface area contributed by atoms with E-state index in [0.29, 0.717) is 12.8 Å². The van der Waals surface area contributed by atoms with Gasteiger partial charge >= 0.3 is 18.4 Å². The molecule has 0 radical (unpaired) electrons. The van der Waals surface area contributed by atoms with Crippen molar-refractivity contribution in [2.75, 3.05) is 32.1 Å². The topological polar surface area (TPSA) is 61.4 Å². The maximum Gasteiger partial charge on any atom is 0.451 e. The lowest BCUT2D eigenvalue weighted by molar-refractivity contribution is -0.145. The number of carbonyl (C=O) groups excluding carboxylic acids is 1. The Balaban J connectivity index is 1.82. The zero-order chi connectivity index (χ0) is 27.5. The fourth-order valence-electron chi connectivity index (χ4n) is 4.84. The summed E-state index contributed by atoms with van der Waals surface area (Å²) in [6, 6.07) is 9.20. The van der Waals surface area contributed by atoms with E-state index in [1.54, 1.807) is 0 Å². The highest BCUT2D eigenvalue weighted by molar-refractivity contribution is 5.91. The molecule has 12 heteroatoms. The molecular weight excluding hydrogens is 500 g/mol. The minimum absolute atomic E-state index is 0.0220. The summed E-state index contributed by atoms with van der Waals surface area (Å²) in [4.78, 5) is 22.9. The molecule has 1 aromatic carbocycles. The Labute approximate surface area is 212 Å². The number of halogens is 6. The highest BCUT2D eigenvalue weighted by Crippen LogP contribution is 2.48. The van der Waals surface area contributed by atoms with Crippen molar-refractivity contribution in [3.05, 3.63) is 54.1 Å². The molecule has 37 heavy (non-hydrogen) atoms. The molecule has 0 saturated heterocycles. The van der Waals surface area contributed by atoms with E-state index in [9.17, 15) is 31.1 Å². The molecule has 1 heterocycles. The highest BCUT2D eigenvalue weighted by atomic mass is 19.4. The van der Waals surface area contributed by atoms with Crippen molar-refractivity contribution in [1.29, 1.82) is 0 Å². The van der Waals surface area contributed by atoms with E-state index in [-0.39, 0.29) is 17.8 Å². The number of nitrogens with one attached hydrogen (secondary N) is 1. The van der Waals surface area contributed by atoms with Gasteiger partial charge in [0.15, 0.2) is 0 Å². The molecule has 2 amide bonds. The Morgan fingerprint density at radius 3 is 2.03 bits per heavy atom. The number of carbonyl (C=O) groups is 1. The Hall–Kier alpha value is -2.89. The van der Waals surface area contributed by atoms with Crippen LogP contribution >= 0.6 is 0 Å². The maximum absolute atomic E-state index is 12.9. The zero-order valence-corrected chi connectivity index (χ0v) is 21.0. The van der Waals surface area contributed by atoms with E-state index in [2.05, 4.69) is 32.3 Å². The molecule has 204 valence electrons. The molecule has 6 nitrogen and oxygen atoms in total. The molecule has 0 spiro atoms. The van der Waals surface area contributed by atoms with Gasteiger partial charge in [-0.05, 0) is 50.8 Å². The van der Waals surface area contributed by atoms with Crippen LogP contribution in [0.15, 0.2) is 42.7 Å². The first-order valence-electron chi connectivity index (χ1n) is 11.9. The first-order valence-corrected chi connectivity index (χ1v) is 11.9. The van der Waals surface area contributed by atoms with E-state index in [4.69, 9.17) is 0 Å². The number of urea groups is 1. The van der Waals surface area contributed by atoms with E-state index in [1.165, 1.54) is 5.56 Å². The third kappa shape index (κ3) is 7.12. The first-order chi connectivity index (χ1) is 17.2. The summed E-state index contributed by atoms with van der Waals surface area (Å²) in [5.41, 5.74) is 0.474. The van der Waals surface area contributed by atoms with Gasteiger partial charge in [-0.25, -0.2) is 14.8 Å². The third-order valence-electron chi connectivity index (χ3n) is 7.12. The van der Waals surface area contributed by atoms with Gasteiger partial charge in [-0.3, -0.25) is 9.80 Å². The second-order valence-electron chi connectivity index (χ2n) is 10.0. The minimum atomic E-state index is -4.76. The van der Waals surface area contributed by atoms with Gasteiger partial charge in [-0.1, -0.05) is 37.3 Å². The molecule has 0 bridgehead atoms. The average molecular weight is 532 g/mol. The van der Waals surface area contributed by atoms with Gasteiger partial charge in [0.25, 0.3) is 0 Å². The molecule has 1 saturated carbocycles. The summed E-state index contributed by atoms with van der Waals surface area (Å²) < 4.78 is 76.6. The summed E-state index contributed by atoms with van der Waals surface area (Å²) >= 11 is 0. The van der Waals surface area contributed by atoms with Crippen LogP contribution < -0.4 is 10.2 Å². The van der Waals surface area contributed by atoms with E-state index in [1.807, 2.05) is 39.2 Å². The van der Waals surface area contributed by atoms with Crippen molar-refractivity contribution < 1.29 is 31.1 Å². The summed E-state index contributed by atoms with van der Waals surface area (Å²) in [5, 5.41) is 2.23. The van der Waals surface area contributed by atoms with Crippen molar-refractivity contribution in [2.45, 2.75) is 56.9 Å². The maximum atomic E-state index is 12.9. The van der Waals surface area contributed by atoms with Gasteiger partial charge in [-0.15, -0.1) is 0 Å². The van der Waals surface area contributed by atoms with Crippen LogP contribution in [0.1, 0.15) is 50.4 Å². The number of benzene rings is 1. The van der Waals surface area contributed by atoms with Gasteiger partial charge in [-0.2, -0.15) is 26.3 Å². The van der Waals surface area contributed by atoms with Crippen molar-refractivity contribution in [2.24, 2.45) is 5.41 Å². The predicted molar refractivity (Wildman–Crippen MR) is 127 cm³/mol. The summed E-state index contributed by atoms with van der Waals surface area (Å²) in [7, 11) is 4.02. The lowest BCUT2D eigenvalue weighted by Gasteiger charge is -2.50. The monoisotopic (exact) mass is 531 g/mol. The van der Waals surface area contributed by atoms with Crippen LogP contribution in [0, 0.1) is 5.41 Å². The smallest absolute Gasteiger partial charge is 0.337 e. The van der Waals surface area contributed by atoms with Gasteiger partial charge in [0, 0.05) is 18.6 Å². The Morgan fingerprint density at radius 2 is 1.54 bits per heavy atom. The molecule has 1 aromatic heterocycles. The summed E-state index contributed by atoms with van der Waals surface area (Å²) in [6.45, 7) is 1.39. The molecule has 1 N–H and O–H groups in total. The zero-order valence-electron chi connectivity index (χ0n) is 21.0. The molecule has 0 aliphatic heterocycles. The molecular formula is C25H31F6N5O. The van der Waals surface area contributed by atoms with Gasteiger partial charge in [0.1, 0.15) is 0 Å². The molecule has 1 fully saturated rings. The molecule has 2 aromatic rings. The number of anilines is 1. The molecule has 3 rings (SSSR count). The van der Waals surface area contributed by atoms with E-state index in [0.717, 1.165) is 30.1 Å². The Kier molecular flexibility index (Phi) is 8.40. The third-order valence-corrected chi connectivity index (χ3v) is 7.12. The van der Waals surface area contributed by atoms with Crippen molar-refractivity contribution in [3.63, 3.8) is 0 Å². The van der Waals surface area contributed by atoms with Crippen LogP contribution in [-0.2, 0) is 11.7 Å². The number of amides is 2. The van der Waals surface area contributed by atoms with Gasteiger partial charge in [0.2, 0.25) is 5.82 Å². The van der Waals surface area contributed by atoms with Gasteiger partial charge in [0.05, 0.1) is 24.5 Å². The summed E-state index contributed by atoms with van der Waals surface area (Å²) in [6.07, 6.45) is -5.84. The predicted octanol–water partition coefficient (Wildman–Crippen LogP) is 6.00. The lowest BCUT2D eigenvalue weighted by atomic mass is 9.65. The summed E-state index contributed by atoms with van der Waals surface area (Å²) in [5.74, 6) is -1.36. The Morgan fingerprint density at radius 1 is 0.973 bits per heavy atom. The number of rotatable bonds is 7. The standard InChI is InChI=1S/C25H31F6N5O/c1-22(9-11-23(12-10-22,35(2)3)18-7-5-4-6-8-18)17-36(21(37)32-14-13-24(26,27)28)19-15-33-20(34-16-19)25(29,30)31/h4-8,15-16H,9-14,17H2,1-3H3,(H,32,37)/t22-,23-. The number of nitrogens with zero attached hydrogens (tertiary/aromatic N) is 4. The SMILES string of the molecule is CN(C)[C@]1(c2ccccc2)CC[C@@](C)(CN(C(=O)NCCC(F)(F)F)c2cnc(C(F)(F)F)nc2)CC1. The number of hydrogen-bond donors (Lipinski definition) is 1. The van der Waals surface area contributed by atoms with Crippen LogP contribution in [0.2, 0.25) is 0 Å². The van der Waals surface area contributed by atoms with E-state index >= 15 is 0 Å². The van der Waals surface area contributed by atoms with Crippen LogP contribution in [0.3, 0.4) is 0 Å². The fourth-order valence-corrected chi connectivity index (χ4v) is 4.84. The van der Waals surface area contributed by atoms with Gasteiger partial charge < -0.3 is 5.32 Å². The van der Waals surface area contributed by atoms with E-state index < -0.39 is 42.6 Å². The largest absolute Gasteiger partial charge is 0.451 e. The molecule has 1 aliphatic rings. The second kappa shape index (κ2) is 10.8. The van der Waals surface area contributed by atoms with Crippen molar-refractivity contribution >= 4 is 11.7 Å². The highest BCUT2D eigenvalue weighted by Gasteiger charge is 2.44. The first kappa shape index (κ1) is 28.7. The Bertz CT molecular complexity index is 1030. The van der Waals surface area contributed by atoms with Crippen LogP contribution in [-0.4, -0.2) is 54.3 Å². The van der Waals surface area contributed by atoms with Crippen LogP contribution in [0.5, 0.6) is 0 Å². The normalized spacial score (nSPS) is 22.6. The molecule has 0 atom stereocenters. The van der Waals surface area contributed by atoms with Crippen LogP contribution in [0.4, 0.5) is 36.8 Å². The quantitative estimate of drug-likeness (QED) is 0.445. The lowest BCUT2D eigenvalue weighted by Crippen LogP contribution is -2.51. The minimum Gasteiger partial charge on any atom is -0.337 e. The van der Waals surface area contributed by atoms with Crippen molar-refractivity contribution in [1.82, 2.24) is 20.2 Å². The second-order valence-corrected chi connectivity index (χ2v) is 10.0. The number of hydrogen-bond acceptors (Lipinski definition) is 4.